The Hall–Kier alpha value is -3.10. The Balaban J connectivity index is 0.000000452. The van der Waals surface area contributed by atoms with E-state index in [0.717, 1.165) is 111 Å². The van der Waals surface area contributed by atoms with Crippen molar-refractivity contribution < 1.29 is 31.7 Å². The van der Waals surface area contributed by atoms with E-state index < -0.39 is 11.2 Å². The molecule has 4 rings (SSSR count). The van der Waals surface area contributed by atoms with Crippen LogP contribution in [0.3, 0.4) is 0 Å². The number of aldehydes is 1. The molecule has 0 saturated heterocycles. The smallest absolute Gasteiger partial charge is 0.416 e. The number of nitrogens with zero attached hydrogens (tertiary/aromatic N) is 4. The Morgan fingerprint density at radius 1 is 0.820 bits per heavy atom. The number of unbranched alkanes of at least 4 members (excludes halogenated alkanes) is 4. The number of amides is 2. The van der Waals surface area contributed by atoms with Gasteiger partial charge < -0.3 is 19.4 Å². The summed E-state index contributed by atoms with van der Waals surface area (Å²) in [6.07, 6.45) is 11.0. The number of ether oxygens (including phenoxy) is 2. The van der Waals surface area contributed by atoms with Gasteiger partial charge in [-0.05, 0) is 129 Å². The highest BCUT2D eigenvalue weighted by Crippen LogP contribution is 2.29. The second kappa shape index (κ2) is 23.4. The summed E-state index contributed by atoms with van der Waals surface area (Å²) in [5.74, 6) is 1.49. The molecule has 282 valence electrons. The second-order valence-electron chi connectivity index (χ2n) is 14.0. The summed E-state index contributed by atoms with van der Waals surface area (Å²) in [7, 11) is 2.25. The van der Waals surface area contributed by atoms with Gasteiger partial charge in [-0.1, -0.05) is 39.0 Å². The summed E-state index contributed by atoms with van der Waals surface area (Å²) in [6.45, 7) is 15.5. The van der Waals surface area contributed by atoms with E-state index in [4.69, 9.17) is 22.3 Å². The van der Waals surface area contributed by atoms with Crippen LogP contribution in [0.4, 0.5) is 21.2 Å². The Kier molecular flexibility index (Phi) is 19.3. The Labute approximate surface area is 307 Å². The zero-order chi connectivity index (χ0) is 39.2. The van der Waals surface area contributed by atoms with Gasteiger partial charge in [0.15, 0.2) is 0 Å². The molecule has 0 aliphatic carbocycles. The van der Waals surface area contributed by atoms with Gasteiger partial charge in [-0.3, -0.25) is 9.80 Å². The molecule has 2 amide bonds. The number of aliphatic hydroxyl groups is 1. The lowest BCUT2D eigenvalue weighted by Crippen LogP contribution is -2.40. The summed E-state index contributed by atoms with van der Waals surface area (Å²) in [5.41, 5.74) is 3.15. The van der Waals surface area contributed by atoms with Crippen molar-refractivity contribution in [2.75, 3.05) is 36.1 Å². The molecular formula is C39H65N4O6P. The first-order valence-corrected chi connectivity index (χ1v) is 18.8. The summed E-state index contributed by atoms with van der Waals surface area (Å²) < 4.78 is 23.4. The standard InChI is InChI=1S/C18H28N2O3.C18H26N2O3.C2H6.CH5P/c2*1-18(2,3)23-17(22)20-12-7-8-14-10-11-15(19-16(14)20)9-5-4-6-13-21;2*1-2/h10-11,21H,4-9,12-13H2,1-3H3;10-11,13H,4-9,12H2,1-3H3;1-2H3;2H2,1H3/i;;2*1D. The van der Waals surface area contributed by atoms with E-state index >= 15 is 0 Å². The van der Waals surface area contributed by atoms with Crippen molar-refractivity contribution in [3.8, 4) is 0 Å². The Bertz CT molecular complexity index is 1350. The maximum absolute atomic E-state index is 12.4. The van der Waals surface area contributed by atoms with Gasteiger partial charge in [0.05, 0.1) is 0 Å². The molecule has 0 spiro atoms. The minimum atomic E-state index is -0.513. The minimum Gasteiger partial charge on any atom is -0.443 e. The molecule has 0 fully saturated rings. The highest BCUT2D eigenvalue weighted by molar-refractivity contribution is 7.15. The van der Waals surface area contributed by atoms with E-state index in [1.807, 2.05) is 47.6 Å². The maximum atomic E-state index is 12.4. The molecule has 2 aromatic rings. The molecule has 2 aliphatic heterocycles. The van der Waals surface area contributed by atoms with E-state index in [0.29, 0.717) is 33.1 Å². The van der Waals surface area contributed by atoms with Gasteiger partial charge in [0.1, 0.15) is 29.1 Å². The van der Waals surface area contributed by atoms with Crippen LogP contribution in [0.25, 0.3) is 0 Å². The van der Waals surface area contributed by atoms with Crippen LogP contribution in [0.5, 0.6) is 0 Å². The average Bonchev–Trinajstić information content (AvgIpc) is 3.07. The molecule has 1 unspecified atom stereocenters. The highest BCUT2D eigenvalue weighted by Gasteiger charge is 2.30. The van der Waals surface area contributed by atoms with Crippen LogP contribution in [-0.4, -0.2) is 71.1 Å². The molecule has 2 aliphatic rings. The van der Waals surface area contributed by atoms with Crippen molar-refractivity contribution in [2.45, 2.75) is 144 Å². The molecule has 1 N–H and O–H groups in total. The van der Waals surface area contributed by atoms with Crippen LogP contribution in [0.15, 0.2) is 24.3 Å². The monoisotopic (exact) mass is 718 g/mol. The number of rotatable bonds is 10. The zero-order valence-corrected chi connectivity index (χ0v) is 32.9. The lowest BCUT2D eigenvalue weighted by atomic mass is 10.0. The molecular weight excluding hydrogens is 651 g/mol. The van der Waals surface area contributed by atoms with Crippen LogP contribution < -0.4 is 9.80 Å². The molecule has 0 bridgehead atoms. The van der Waals surface area contributed by atoms with Gasteiger partial charge in [0.25, 0.3) is 0 Å². The molecule has 4 heterocycles. The molecule has 2 aromatic heterocycles. The van der Waals surface area contributed by atoms with Gasteiger partial charge in [-0.15, -0.1) is 9.24 Å². The van der Waals surface area contributed by atoms with Gasteiger partial charge in [-0.2, -0.15) is 0 Å². The summed E-state index contributed by atoms with van der Waals surface area (Å²) >= 11 is 0. The van der Waals surface area contributed by atoms with Gasteiger partial charge in [0, 0.05) is 40.2 Å². The third kappa shape index (κ3) is 16.3. The quantitative estimate of drug-likeness (QED) is 0.147. The molecule has 11 heteroatoms. The molecule has 10 nitrogen and oxygen atoms in total. The first kappa shape index (κ1) is 41.3. The van der Waals surface area contributed by atoms with E-state index in [9.17, 15) is 14.4 Å². The number of carbonyl (C=O) groups excluding carboxylic acids is 3. The zero-order valence-electron chi connectivity index (χ0n) is 33.8. The fourth-order valence-corrected chi connectivity index (χ4v) is 5.35. The number of hydrogen-bond acceptors (Lipinski definition) is 8. The van der Waals surface area contributed by atoms with Crippen LogP contribution >= 0.6 is 9.24 Å². The van der Waals surface area contributed by atoms with Crippen LogP contribution in [-0.2, 0) is 40.0 Å². The first-order chi connectivity index (χ1) is 24.6. The van der Waals surface area contributed by atoms with Crippen molar-refractivity contribution in [3.05, 3.63) is 46.8 Å². The van der Waals surface area contributed by atoms with E-state index in [-0.39, 0.29) is 18.8 Å². The number of anilines is 2. The lowest BCUT2D eigenvalue weighted by molar-refractivity contribution is -0.107. The van der Waals surface area contributed by atoms with Crippen LogP contribution in [0.2, 0.25) is 0 Å². The van der Waals surface area contributed by atoms with Gasteiger partial charge in [-0.25, -0.2) is 19.6 Å². The number of aromatic nitrogens is 2. The molecule has 0 radical (unpaired) electrons. The van der Waals surface area contributed by atoms with E-state index in [1.54, 1.807) is 16.7 Å². The number of aliphatic hydroxyl groups excluding tert-OH is 1. The average molecular weight is 719 g/mol. The number of hydrogen-bond donors (Lipinski definition) is 1. The molecule has 50 heavy (non-hydrogen) atoms. The number of aryl methyl sites for hydroxylation is 4. The van der Waals surface area contributed by atoms with E-state index in [2.05, 4.69) is 32.4 Å². The third-order valence-electron chi connectivity index (χ3n) is 7.52. The molecule has 0 saturated carbocycles. The van der Waals surface area contributed by atoms with E-state index in [1.165, 1.54) is 0 Å². The second-order valence-corrected chi connectivity index (χ2v) is 14.0. The van der Waals surface area contributed by atoms with Crippen molar-refractivity contribution >= 4 is 39.3 Å². The number of pyridine rings is 2. The van der Waals surface area contributed by atoms with Crippen molar-refractivity contribution in [2.24, 2.45) is 0 Å². The molecule has 0 aromatic carbocycles. The van der Waals surface area contributed by atoms with Crippen molar-refractivity contribution in [1.29, 1.82) is 0 Å². The molecule has 1 atom stereocenters. The fourth-order valence-electron chi connectivity index (χ4n) is 5.35. The summed E-state index contributed by atoms with van der Waals surface area (Å²) in [4.78, 5) is 47.9. The minimum absolute atomic E-state index is 0.240. The largest absolute Gasteiger partial charge is 0.443 e. The van der Waals surface area contributed by atoms with Gasteiger partial charge >= 0.3 is 12.2 Å². The van der Waals surface area contributed by atoms with Crippen LogP contribution in [0.1, 0.15) is 132 Å². The summed E-state index contributed by atoms with van der Waals surface area (Å²) in [5, 5.41) is 8.84. The van der Waals surface area contributed by atoms with Gasteiger partial charge in [0.2, 0.25) is 0 Å². The Morgan fingerprint density at radius 3 is 1.62 bits per heavy atom. The fraction of sp³-hybridized carbons (Fsp3) is 0.667. The SMILES string of the molecule is CC(C)(C)OC(=O)N1CCCc2ccc(CCCCC=O)nc21.CC(C)(C)OC(=O)N1CCCc2ccc(CCCCCO)nc21.[2H]CC.[2H]CP. The lowest BCUT2D eigenvalue weighted by Gasteiger charge is -2.31. The maximum Gasteiger partial charge on any atom is 0.416 e. The van der Waals surface area contributed by atoms with Crippen LogP contribution in [0, 0.1) is 0 Å². The Morgan fingerprint density at radius 2 is 1.24 bits per heavy atom. The highest BCUT2D eigenvalue weighted by atomic mass is 31.0. The number of fused-ring (bicyclic) bond motifs is 2. The normalized spacial score (nSPS) is 14.0. The predicted molar refractivity (Wildman–Crippen MR) is 208 cm³/mol. The van der Waals surface area contributed by atoms with Crippen molar-refractivity contribution in [1.82, 2.24) is 9.97 Å². The summed E-state index contributed by atoms with van der Waals surface area (Å²) in [6, 6.07) is 8.23. The third-order valence-corrected chi connectivity index (χ3v) is 7.52. The first-order valence-electron chi connectivity index (χ1n) is 19.4. The predicted octanol–water partition coefficient (Wildman–Crippen LogP) is 8.67. The van der Waals surface area contributed by atoms with Crippen molar-refractivity contribution in [3.63, 3.8) is 0 Å². The topological polar surface area (TPSA) is 122 Å². The number of carbonyl (C=O) groups is 3.